The summed E-state index contributed by atoms with van der Waals surface area (Å²) in [6.07, 6.45) is 0. The maximum absolute atomic E-state index is 13.2. The highest BCUT2D eigenvalue weighted by Crippen LogP contribution is 2.21. The first-order chi connectivity index (χ1) is 9.61. The van der Waals surface area contributed by atoms with Crippen molar-refractivity contribution >= 4 is 22.9 Å². The predicted molar refractivity (Wildman–Crippen MR) is 79.3 cm³/mol. The average Bonchev–Trinajstić information content (AvgIpc) is 2.89. The molecule has 1 heterocycles. The Bertz CT molecular complexity index is 697. The Morgan fingerprint density at radius 3 is 3.00 bits per heavy atom. The van der Waals surface area contributed by atoms with Crippen LogP contribution in [0.15, 0.2) is 29.6 Å². The smallest absolute Gasteiger partial charge is 0.267 e. The van der Waals surface area contributed by atoms with Gasteiger partial charge in [0.25, 0.3) is 5.91 Å². The van der Waals surface area contributed by atoms with Gasteiger partial charge in [-0.3, -0.25) is 4.79 Å². The first-order valence-corrected chi connectivity index (χ1v) is 6.83. The number of rotatable bonds is 2. The molecule has 0 fully saturated rings. The molecule has 1 aromatic heterocycles. The lowest BCUT2D eigenvalue weighted by Crippen LogP contribution is -2.12. The lowest BCUT2D eigenvalue weighted by Gasteiger charge is -2.07. The van der Waals surface area contributed by atoms with Gasteiger partial charge >= 0.3 is 0 Å². The molecule has 0 saturated carbocycles. The summed E-state index contributed by atoms with van der Waals surface area (Å²) in [5, 5.41) is 4.49. The van der Waals surface area contributed by atoms with E-state index in [0.29, 0.717) is 16.1 Å². The second-order valence-corrected chi connectivity index (χ2v) is 5.00. The number of hydrogen-bond acceptors (Lipinski definition) is 3. The summed E-state index contributed by atoms with van der Waals surface area (Å²) in [5.41, 5.74) is 7.21. The molecule has 0 aliphatic rings. The lowest BCUT2D eigenvalue weighted by molar-refractivity contribution is 0.103. The van der Waals surface area contributed by atoms with Crippen molar-refractivity contribution in [2.24, 2.45) is 5.73 Å². The van der Waals surface area contributed by atoms with E-state index in [2.05, 4.69) is 17.2 Å². The van der Waals surface area contributed by atoms with Gasteiger partial charge in [-0.05, 0) is 36.1 Å². The van der Waals surface area contributed by atoms with E-state index in [0.717, 1.165) is 5.56 Å². The number of carbonyl (C=O) groups is 1. The fourth-order valence-corrected chi connectivity index (χ4v) is 2.38. The van der Waals surface area contributed by atoms with E-state index < -0.39 is 0 Å². The predicted octanol–water partition coefficient (Wildman–Crippen LogP) is 2.76. The second-order valence-electron chi connectivity index (χ2n) is 4.08. The maximum atomic E-state index is 13.2. The van der Waals surface area contributed by atoms with E-state index in [-0.39, 0.29) is 18.3 Å². The van der Waals surface area contributed by atoms with Crippen LogP contribution in [0.25, 0.3) is 0 Å². The minimum atomic E-state index is -0.389. The Hall–Kier alpha value is -2.16. The zero-order valence-electron chi connectivity index (χ0n) is 10.9. The van der Waals surface area contributed by atoms with Crippen LogP contribution in [0.2, 0.25) is 0 Å². The summed E-state index contributed by atoms with van der Waals surface area (Å²) in [6.45, 7) is 2.04. The maximum Gasteiger partial charge on any atom is 0.267 e. The third-order valence-corrected chi connectivity index (χ3v) is 3.56. The van der Waals surface area contributed by atoms with Gasteiger partial charge in [-0.15, -0.1) is 11.3 Å². The number of halogens is 1. The van der Waals surface area contributed by atoms with Gasteiger partial charge in [0.15, 0.2) is 0 Å². The van der Waals surface area contributed by atoms with Gasteiger partial charge < -0.3 is 11.1 Å². The van der Waals surface area contributed by atoms with Gasteiger partial charge in [-0.2, -0.15) is 0 Å². The minimum Gasteiger partial charge on any atom is -0.321 e. The quantitative estimate of drug-likeness (QED) is 0.835. The standard InChI is InChI=1S/C15H13FN2OS/c1-10-4-5-12(16)9-13(10)18-15(19)14-11(3-2-7-17)6-8-20-14/h4-6,8-9H,7,17H2,1H3,(H,18,19). The second kappa shape index (κ2) is 6.33. The van der Waals surface area contributed by atoms with Crippen LogP contribution >= 0.6 is 11.3 Å². The zero-order valence-corrected chi connectivity index (χ0v) is 11.7. The topological polar surface area (TPSA) is 55.1 Å². The molecule has 0 bridgehead atoms. The highest BCUT2D eigenvalue weighted by Gasteiger charge is 2.13. The molecule has 3 nitrogen and oxygen atoms in total. The van der Waals surface area contributed by atoms with Crippen molar-refractivity contribution in [3.05, 3.63) is 51.5 Å². The van der Waals surface area contributed by atoms with E-state index in [4.69, 9.17) is 5.73 Å². The molecule has 20 heavy (non-hydrogen) atoms. The summed E-state index contributed by atoms with van der Waals surface area (Å²) in [4.78, 5) is 12.7. The van der Waals surface area contributed by atoms with Crippen molar-refractivity contribution in [2.75, 3.05) is 11.9 Å². The van der Waals surface area contributed by atoms with Crippen molar-refractivity contribution < 1.29 is 9.18 Å². The summed E-state index contributed by atoms with van der Waals surface area (Å²) in [7, 11) is 0. The summed E-state index contributed by atoms with van der Waals surface area (Å²) >= 11 is 1.29. The third-order valence-electron chi connectivity index (χ3n) is 2.64. The van der Waals surface area contributed by atoms with E-state index in [1.807, 2.05) is 0 Å². The van der Waals surface area contributed by atoms with Crippen molar-refractivity contribution in [2.45, 2.75) is 6.92 Å². The number of thiophene rings is 1. The molecular formula is C15H13FN2OS. The van der Waals surface area contributed by atoms with Crippen LogP contribution in [0.4, 0.5) is 10.1 Å². The van der Waals surface area contributed by atoms with Gasteiger partial charge in [-0.1, -0.05) is 17.9 Å². The Kier molecular flexibility index (Phi) is 4.51. The molecule has 5 heteroatoms. The van der Waals surface area contributed by atoms with Gasteiger partial charge in [0.05, 0.1) is 6.54 Å². The molecule has 1 amide bonds. The Morgan fingerprint density at radius 1 is 1.45 bits per heavy atom. The molecule has 0 saturated heterocycles. The van der Waals surface area contributed by atoms with Gasteiger partial charge in [0.2, 0.25) is 0 Å². The zero-order chi connectivity index (χ0) is 14.5. The number of aryl methyl sites for hydroxylation is 1. The lowest BCUT2D eigenvalue weighted by atomic mass is 10.2. The number of benzene rings is 1. The van der Waals surface area contributed by atoms with E-state index in [1.165, 1.54) is 23.5 Å². The summed E-state index contributed by atoms with van der Waals surface area (Å²) in [5.74, 6) is 4.88. The first kappa shape index (κ1) is 14.3. The van der Waals surface area contributed by atoms with Crippen LogP contribution in [0.3, 0.4) is 0 Å². The number of nitrogens with one attached hydrogen (secondary N) is 1. The largest absolute Gasteiger partial charge is 0.321 e. The van der Waals surface area contributed by atoms with Gasteiger partial charge in [0.1, 0.15) is 10.7 Å². The molecule has 1 aromatic carbocycles. The summed E-state index contributed by atoms with van der Waals surface area (Å²) < 4.78 is 13.2. The molecule has 0 aliphatic carbocycles. The molecule has 0 radical (unpaired) electrons. The molecule has 0 aliphatic heterocycles. The fourth-order valence-electron chi connectivity index (χ4n) is 1.64. The highest BCUT2D eigenvalue weighted by atomic mass is 32.1. The molecule has 0 spiro atoms. The Labute approximate surface area is 120 Å². The molecule has 0 atom stereocenters. The van der Waals surface area contributed by atoms with Crippen molar-refractivity contribution in [3.8, 4) is 11.8 Å². The van der Waals surface area contributed by atoms with Crippen molar-refractivity contribution in [3.63, 3.8) is 0 Å². The number of carbonyl (C=O) groups excluding carboxylic acids is 1. The highest BCUT2D eigenvalue weighted by molar-refractivity contribution is 7.12. The molecule has 3 N–H and O–H groups in total. The van der Waals surface area contributed by atoms with Gasteiger partial charge in [-0.25, -0.2) is 4.39 Å². The number of anilines is 1. The molecular weight excluding hydrogens is 275 g/mol. The SMILES string of the molecule is Cc1ccc(F)cc1NC(=O)c1sccc1C#CCN. The number of amides is 1. The monoisotopic (exact) mass is 288 g/mol. The van der Waals surface area contributed by atoms with E-state index in [1.54, 1.807) is 24.4 Å². The minimum absolute atomic E-state index is 0.236. The van der Waals surface area contributed by atoms with Crippen LogP contribution in [0.1, 0.15) is 20.8 Å². The van der Waals surface area contributed by atoms with E-state index in [9.17, 15) is 9.18 Å². The van der Waals surface area contributed by atoms with Crippen molar-refractivity contribution in [1.29, 1.82) is 0 Å². The van der Waals surface area contributed by atoms with Crippen LogP contribution < -0.4 is 11.1 Å². The Morgan fingerprint density at radius 2 is 2.25 bits per heavy atom. The average molecular weight is 288 g/mol. The third kappa shape index (κ3) is 3.23. The fraction of sp³-hybridized carbons (Fsp3) is 0.133. The van der Waals surface area contributed by atoms with Crippen LogP contribution in [0, 0.1) is 24.6 Å². The Balaban J connectivity index is 2.24. The van der Waals surface area contributed by atoms with Crippen LogP contribution in [-0.4, -0.2) is 12.5 Å². The van der Waals surface area contributed by atoms with Crippen LogP contribution in [0.5, 0.6) is 0 Å². The normalized spacial score (nSPS) is 9.75. The number of nitrogens with two attached hydrogens (primary N) is 1. The van der Waals surface area contributed by atoms with Gasteiger partial charge in [0, 0.05) is 11.3 Å². The molecule has 2 aromatic rings. The summed E-state index contributed by atoms with van der Waals surface area (Å²) in [6, 6.07) is 6.04. The number of hydrogen-bond donors (Lipinski definition) is 2. The van der Waals surface area contributed by atoms with Crippen molar-refractivity contribution in [1.82, 2.24) is 0 Å². The van der Waals surface area contributed by atoms with E-state index >= 15 is 0 Å². The van der Waals surface area contributed by atoms with Crippen LogP contribution in [-0.2, 0) is 0 Å². The molecule has 2 rings (SSSR count). The molecule has 0 unspecified atom stereocenters. The first-order valence-electron chi connectivity index (χ1n) is 5.95. The molecule has 102 valence electrons.